The van der Waals surface area contributed by atoms with E-state index < -0.39 is 17.6 Å². The Morgan fingerprint density at radius 2 is 1.69 bits per heavy atom. The molecule has 2 N–H and O–H groups in total. The smallest absolute Gasteiger partial charge is 0.325 e. The standard InChI is InChI=1S/C25H21ClN4O2/c1-16(18-10-6-3-7-11-18)30-23(31)25(29-24(30)32,15-17-8-4-2-5-9-17)22-27-20-13-12-19(26)14-21(20)28-22/h2-14,16H,15H2,1H3,(H,27,28)(H,29,32)/t16-,25-/m1/s1. The molecule has 2 heterocycles. The van der Waals surface area contributed by atoms with Crippen molar-refractivity contribution in [2.45, 2.75) is 24.9 Å². The molecule has 1 fully saturated rings. The molecule has 1 aliphatic heterocycles. The molecule has 4 aromatic rings. The number of imide groups is 1. The first-order valence-corrected chi connectivity index (χ1v) is 10.8. The Bertz CT molecular complexity index is 1310. The third-order valence-corrected chi connectivity index (χ3v) is 6.19. The summed E-state index contributed by atoms with van der Waals surface area (Å²) in [7, 11) is 0. The Hall–Kier alpha value is -3.64. The van der Waals surface area contributed by atoms with Crippen LogP contribution in [0.1, 0.15) is 29.9 Å². The summed E-state index contributed by atoms with van der Waals surface area (Å²) in [5.74, 6) is 0.0487. The molecule has 0 aliphatic carbocycles. The van der Waals surface area contributed by atoms with E-state index in [2.05, 4.69) is 15.3 Å². The van der Waals surface area contributed by atoms with Crippen LogP contribution in [0.15, 0.2) is 78.9 Å². The zero-order valence-electron chi connectivity index (χ0n) is 17.4. The minimum absolute atomic E-state index is 0.268. The molecule has 32 heavy (non-hydrogen) atoms. The van der Waals surface area contributed by atoms with E-state index in [1.165, 1.54) is 4.90 Å². The second-order valence-electron chi connectivity index (χ2n) is 8.01. The maximum absolute atomic E-state index is 14.0. The van der Waals surface area contributed by atoms with Crippen molar-refractivity contribution in [2.24, 2.45) is 0 Å². The number of H-pyrrole nitrogens is 1. The highest BCUT2D eigenvalue weighted by Gasteiger charge is 2.55. The van der Waals surface area contributed by atoms with Gasteiger partial charge >= 0.3 is 6.03 Å². The zero-order valence-corrected chi connectivity index (χ0v) is 18.1. The van der Waals surface area contributed by atoms with E-state index in [0.717, 1.165) is 11.1 Å². The number of carbonyl (C=O) groups excluding carboxylic acids is 2. The third-order valence-electron chi connectivity index (χ3n) is 5.95. The number of nitrogens with zero attached hydrogens (tertiary/aromatic N) is 2. The maximum Gasteiger partial charge on any atom is 0.325 e. The first kappa shape index (κ1) is 20.3. The highest BCUT2D eigenvalue weighted by atomic mass is 35.5. The van der Waals surface area contributed by atoms with Crippen molar-refractivity contribution in [3.05, 3.63) is 101 Å². The second-order valence-corrected chi connectivity index (χ2v) is 8.44. The summed E-state index contributed by atoms with van der Waals surface area (Å²) < 4.78 is 0. The monoisotopic (exact) mass is 444 g/mol. The average molecular weight is 445 g/mol. The number of urea groups is 1. The zero-order chi connectivity index (χ0) is 22.3. The number of benzene rings is 3. The van der Waals surface area contributed by atoms with Crippen LogP contribution in [-0.2, 0) is 16.8 Å². The number of hydrogen-bond donors (Lipinski definition) is 2. The Balaban J connectivity index is 1.63. The summed E-state index contributed by atoms with van der Waals surface area (Å²) in [6.07, 6.45) is 0.268. The van der Waals surface area contributed by atoms with Gasteiger partial charge in [0, 0.05) is 11.4 Å². The molecule has 0 unspecified atom stereocenters. The number of aromatic amines is 1. The van der Waals surface area contributed by atoms with Gasteiger partial charge in [0.25, 0.3) is 5.91 Å². The molecule has 1 aromatic heterocycles. The minimum atomic E-state index is -1.35. The van der Waals surface area contributed by atoms with Crippen LogP contribution in [0.2, 0.25) is 5.02 Å². The SMILES string of the molecule is C[C@H](c1ccccc1)N1C(=O)N[C@](Cc2ccccc2)(c2nc3ccc(Cl)cc3[nH]2)C1=O. The molecular formula is C25H21ClN4O2. The molecule has 0 spiro atoms. The molecule has 3 aromatic carbocycles. The molecule has 6 nitrogen and oxygen atoms in total. The summed E-state index contributed by atoms with van der Waals surface area (Å²) in [5.41, 5.74) is 1.81. The topological polar surface area (TPSA) is 78.1 Å². The normalized spacial score (nSPS) is 19.4. The lowest BCUT2D eigenvalue weighted by atomic mass is 9.89. The number of carbonyl (C=O) groups is 2. The summed E-state index contributed by atoms with van der Waals surface area (Å²) in [6.45, 7) is 1.85. The van der Waals surface area contributed by atoms with Gasteiger partial charge in [-0.1, -0.05) is 72.3 Å². The highest BCUT2D eigenvalue weighted by Crippen LogP contribution is 2.36. The minimum Gasteiger partial charge on any atom is -0.339 e. The quantitative estimate of drug-likeness (QED) is 0.427. The number of hydrogen-bond acceptors (Lipinski definition) is 3. The van der Waals surface area contributed by atoms with Crippen LogP contribution in [0.3, 0.4) is 0 Å². The Kier molecular flexibility index (Phi) is 4.94. The number of aromatic nitrogens is 2. The van der Waals surface area contributed by atoms with Gasteiger partial charge in [0.05, 0.1) is 17.1 Å². The molecule has 5 rings (SSSR count). The Morgan fingerprint density at radius 1 is 1.00 bits per heavy atom. The van der Waals surface area contributed by atoms with Gasteiger partial charge in [-0.05, 0) is 36.2 Å². The van der Waals surface area contributed by atoms with Gasteiger partial charge < -0.3 is 10.3 Å². The molecule has 0 saturated carbocycles. The van der Waals surface area contributed by atoms with Crippen molar-refractivity contribution in [3.8, 4) is 0 Å². The summed E-state index contributed by atoms with van der Waals surface area (Å²) in [5, 5.41) is 3.53. The Labute approximate surface area is 190 Å². The summed E-state index contributed by atoms with van der Waals surface area (Å²) in [6, 6.07) is 23.5. The molecular weight excluding hydrogens is 424 g/mol. The predicted molar refractivity (Wildman–Crippen MR) is 123 cm³/mol. The highest BCUT2D eigenvalue weighted by molar-refractivity contribution is 6.31. The molecule has 3 amide bonds. The largest absolute Gasteiger partial charge is 0.339 e. The fourth-order valence-corrected chi connectivity index (χ4v) is 4.45. The summed E-state index contributed by atoms with van der Waals surface area (Å²) in [4.78, 5) is 36.3. The second kappa shape index (κ2) is 7.80. The van der Waals surface area contributed by atoms with E-state index in [4.69, 9.17) is 11.6 Å². The number of fused-ring (bicyclic) bond motifs is 1. The van der Waals surface area contributed by atoms with E-state index in [-0.39, 0.29) is 12.3 Å². The molecule has 1 saturated heterocycles. The van der Waals surface area contributed by atoms with Gasteiger partial charge in [0.1, 0.15) is 5.82 Å². The molecule has 2 atom stereocenters. The van der Waals surface area contributed by atoms with Crippen molar-refractivity contribution in [2.75, 3.05) is 0 Å². The lowest BCUT2D eigenvalue weighted by Crippen LogP contribution is -2.47. The van der Waals surface area contributed by atoms with Crippen molar-refractivity contribution >= 4 is 34.6 Å². The lowest BCUT2D eigenvalue weighted by Gasteiger charge is -2.27. The molecule has 1 aliphatic rings. The number of halogens is 1. The van der Waals surface area contributed by atoms with Crippen LogP contribution >= 0.6 is 11.6 Å². The third kappa shape index (κ3) is 3.33. The van der Waals surface area contributed by atoms with Gasteiger partial charge in [-0.15, -0.1) is 0 Å². The van der Waals surface area contributed by atoms with Crippen molar-refractivity contribution in [1.29, 1.82) is 0 Å². The fourth-order valence-electron chi connectivity index (χ4n) is 4.28. The maximum atomic E-state index is 14.0. The van der Waals surface area contributed by atoms with Crippen LogP contribution < -0.4 is 5.32 Å². The average Bonchev–Trinajstić information content (AvgIpc) is 3.33. The van der Waals surface area contributed by atoms with E-state index >= 15 is 0 Å². The fraction of sp³-hybridized carbons (Fsp3) is 0.160. The Morgan fingerprint density at radius 3 is 2.41 bits per heavy atom. The van der Waals surface area contributed by atoms with E-state index in [9.17, 15) is 9.59 Å². The van der Waals surface area contributed by atoms with Crippen LogP contribution in [0.4, 0.5) is 4.79 Å². The molecule has 0 bridgehead atoms. The summed E-state index contributed by atoms with van der Waals surface area (Å²) >= 11 is 6.14. The van der Waals surface area contributed by atoms with Crippen LogP contribution in [-0.4, -0.2) is 26.8 Å². The molecule has 0 radical (unpaired) electrons. The van der Waals surface area contributed by atoms with Gasteiger partial charge in [-0.2, -0.15) is 0 Å². The van der Waals surface area contributed by atoms with Gasteiger partial charge in [0.15, 0.2) is 5.54 Å². The number of rotatable bonds is 5. The van der Waals surface area contributed by atoms with Crippen LogP contribution in [0.5, 0.6) is 0 Å². The molecule has 160 valence electrons. The lowest BCUT2D eigenvalue weighted by molar-refractivity contribution is -0.133. The van der Waals surface area contributed by atoms with E-state index in [1.54, 1.807) is 18.2 Å². The number of amides is 3. The number of imidazole rings is 1. The van der Waals surface area contributed by atoms with Gasteiger partial charge in [-0.3, -0.25) is 9.69 Å². The van der Waals surface area contributed by atoms with Crippen LogP contribution in [0.25, 0.3) is 11.0 Å². The first-order valence-electron chi connectivity index (χ1n) is 10.4. The predicted octanol–water partition coefficient (Wildman–Crippen LogP) is 4.97. The van der Waals surface area contributed by atoms with Crippen molar-refractivity contribution < 1.29 is 9.59 Å². The number of nitrogens with one attached hydrogen (secondary N) is 2. The van der Waals surface area contributed by atoms with E-state index in [0.29, 0.717) is 21.9 Å². The van der Waals surface area contributed by atoms with Crippen LogP contribution in [0, 0.1) is 0 Å². The molecule has 7 heteroatoms. The van der Waals surface area contributed by atoms with Gasteiger partial charge in [-0.25, -0.2) is 9.78 Å². The first-order chi connectivity index (χ1) is 15.5. The van der Waals surface area contributed by atoms with Gasteiger partial charge in [0.2, 0.25) is 0 Å². The van der Waals surface area contributed by atoms with Crippen molar-refractivity contribution in [3.63, 3.8) is 0 Å². The van der Waals surface area contributed by atoms with E-state index in [1.807, 2.05) is 67.6 Å². The van der Waals surface area contributed by atoms with Crippen molar-refractivity contribution in [1.82, 2.24) is 20.2 Å².